The van der Waals surface area contributed by atoms with Gasteiger partial charge in [0.1, 0.15) is 18.2 Å². The maximum atomic E-state index is 14.3. The topological polar surface area (TPSA) is 129 Å². The Labute approximate surface area is 236 Å². The van der Waals surface area contributed by atoms with Crippen LogP contribution in [0.5, 0.6) is 0 Å². The van der Waals surface area contributed by atoms with Crippen molar-refractivity contribution in [2.45, 2.75) is 61.4 Å². The number of hydrogen-bond donors (Lipinski definition) is 3. The largest absolute Gasteiger partial charge is 0.394 e. The van der Waals surface area contributed by atoms with Gasteiger partial charge in [-0.1, -0.05) is 54.6 Å². The molecule has 3 aliphatic rings. The lowest BCUT2D eigenvalue weighted by molar-refractivity contribution is -0.142. The van der Waals surface area contributed by atoms with Crippen LogP contribution in [-0.2, 0) is 27.5 Å². The molecule has 3 aliphatic heterocycles. The Kier molecular flexibility index (Phi) is 7.26. The monoisotopic (exact) mass is 562 g/mol. The lowest BCUT2D eigenvalue weighted by Gasteiger charge is -2.37. The number of carbonyl (C=O) groups is 3. The molecule has 6 rings (SSSR count). The smallest absolute Gasteiger partial charge is 0.245 e. The van der Waals surface area contributed by atoms with Crippen molar-refractivity contribution in [3.8, 4) is 0 Å². The molecule has 3 fully saturated rings. The molecule has 210 valence electrons. The molecule has 1 aromatic heterocycles. The second kappa shape index (κ2) is 10.9. The van der Waals surface area contributed by atoms with Gasteiger partial charge in [-0.2, -0.15) is 0 Å². The summed E-state index contributed by atoms with van der Waals surface area (Å²) in [7, 11) is 0. The van der Waals surface area contributed by atoms with Crippen LogP contribution in [0.15, 0.2) is 54.6 Å². The number of aliphatic hydroxyl groups is 1. The summed E-state index contributed by atoms with van der Waals surface area (Å²) in [6.07, 6.45) is 2.65. The zero-order chi connectivity index (χ0) is 27.9. The van der Waals surface area contributed by atoms with E-state index >= 15 is 0 Å². The van der Waals surface area contributed by atoms with Crippen molar-refractivity contribution >= 4 is 40.5 Å². The third-order valence-corrected chi connectivity index (χ3v) is 10.5. The van der Waals surface area contributed by atoms with E-state index in [-0.39, 0.29) is 36.2 Å². The summed E-state index contributed by atoms with van der Waals surface area (Å²) in [6.45, 7) is 2.35. The number of fused-ring (bicyclic) bond motifs is 2. The van der Waals surface area contributed by atoms with E-state index in [9.17, 15) is 19.5 Å². The Hall–Kier alpha value is -3.44. The molecule has 10 nitrogen and oxygen atoms in total. The Bertz CT molecular complexity index is 1420. The summed E-state index contributed by atoms with van der Waals surface area (Å²) in [5.41, 5.74) is 2.48. The van der Waals surface area contributed by atoms with Crippen molar-refractivity contribution in [2.24, 2.45) is 11.8 Å². The Morgan fingerprint density at radius 3 is 2.67 bits per heavy atom. The Balaban J connectivity index is 1.33. The number of amides is 3. The number of aromatic nitrogens is 3. The van der Waals surface area contributed by atoms with E-state index in [0.717, 1.165) is 29.4 Å². The molecule has 0 saturated carbocycles. The minimum Gasteiger partial charge on any atom is -0.394 e. The quantitative estimate of drug-likeness (QED) is 0.343. The molecule has 1 spiro atoms. The number of para-hydroxylation sites is 1. The highest BCUT2D eigenvalue weighted by molar-refractivity contribution is 8.02. The van der Waals surface area contributed by atoms with Gasteiger partial charge < -0.3 is 20.6 Å². The third kappa shape index (κ3) is 4.35. The van der Waals surface area contributed by atoms with E-state index in [0.29, 0.717) is 19.4 Å². The fraction of sp³-hybridized carbons (Fsp3) is 0.483. The summed E-state index contributed by atoms with van der Waals surface area (Å²) < 4.78 is 0.895. The minimum absolute atomic E-state index is 0.00999. The molecule has 2 bridgehead atoms. The van der Waals surface area contributed by atoms with Crippen LogP contribution >= 0.6 is 11.8 Å². The standard InChI is InChI=1S/C29H34N6O4S/c1-2-14-30-26(37)23-22-12-13-29(40-22)24(23)28(39)35(19(16-36)15-18-8-4-3-5-9-18)25(29)27(38)31-17-34-21-11-7-6-10-20(21)32-33-34/h3-11,19,22-25,36H,2,12-17H2,1H3,(H,30,37)(H,31,38)/t19-,22+,23-,24+,25?,29?/m1/s1. The van der Waals surface area contributed by atoms with Crippen molar-refractivity contribution in [3.05, 3.63) is 60.2 Å². The van der Waals surface area contributed by atoms with Gasteiger partial charge in [-0.25, -0.2) is 4.68 Å². The van der Waals surface area contributed by atoms with Crippen LogP contribution in [0.2, 0.25) is 0 Å². The predicted octanol–water partition coefficient (Wildman–Crippen LogP) is 1.73. The predicted molar refractivity (Wildman–Crippen MR) is 151 cm³/mol. The van der Waals surface area contributed by atoms with Crippen molar-refractivity contribution in [2.75, 3.05) is 13.2 Å². The van der Waals surface area contributed by atoms with Crippen LogP contribution in [0.3, 0.4) is 0 Å². The van der Waals surface area contributed by atoms with Gasteiger partial charge in [-0.05, 0) is 43.4 Å². The Morgan fingerprint density at radius 1 is 1.12 bits per heavy atom. The first-order chi connectivity index (χ1) is 19.5. The number of thioether (sulfide) groups is 1. The zero-order valence-corrected chi connectivity index (χ0v) is 23.2. The van der Waals surface area contributed by atoms with Gasteiger partial charge in [0, 0.05) is 11.8 Å². The third-order valence-electron chi connectivity index (χ3n) is 8.58. The number of rotatable bonds is 10. The molecule has 3 aromatic rings. The Morgan fingerprint density at radius 2 is 1.90 bits per heavy atom. The van der Waals surface area contributed by atoms with Gasteiger partial charge >= 0.3 is 0 Å². The molecule has 0 radical (unpaired) electrons. The van der Waals surface area contributed by atoms with Crippen molar-refractivity contribution in [1.82, 2.24) is 30.5 Å². The molecule has 3 amide bonds. The van der Waals surface area contributed by atoms with Gasteiger partial charge in [-0.3, -0.25) is 14.4 Å². The van der Waals surface area contributed by atoms with E-state index in [1.807, 2.05) is 61.5 Å². The molecule has 3 saturated heterocycles. The van der Waals surface area contributed by atoms with Gasteiger partial charge in [0.2, 0.25) is 17.7 Å². The summed E-state index contributed by atoms with van der Waals surface area (Å²) in [6, 6.07) is 15.7. The molecule has 2 unspecified atom stereocenters. The number of benzene rings is 2. The average molecular weight is 563 g/mol. The van der Waals surface area contributed by atoms with Crippen LogP contribution in [0, 0.1) is 11.8 Å². The van der Waals surface area contributed by atoms with E-state index in [2.05, 4.69) is 20.9 Å². The molecule has 0 aliphatic carbocycles. The van der Waals surface area contributed by atoms with Crippen molar-refractivity contribution in [3.63, 3.8) is 0 Å². The molecule has 2 aromatic carbocycles. The molecule has 40 heavy (non-hydrogen) atoms. The second-order valence-electron chi connectivity index (χ2n) is 10.9. The molecule has 6 atom stereocenters. The number of nitrogens with one attached hydrogen (secondary N) is 2. The maximum Gasteiger partial charge on any atom is 0.245 e. The van der Waals surface area contributed by atoms with Gasteiger partial charge in [-0.15, -0.1) is 16.9 Å². The highest BCUT2D eigenvalue weighted by atomic mass is 32.2. The van der Waals surface area contributed by atoms with Gasteiger partial charge in [0.25, 0.3) is 0 Å². The highest BCUT2D eigenvalue weighted by Gasteiger charge is 2.74. The second-order valence-corrected chi connectivity index (χ2v) is 12.5. The van der Waals surface area contributed by atoms with Gasteiger partial charge in [0.15, 0.2) is 0 Å². The van der Waals surface area contributed by atoms with Crippen molar-refractivity contribution in [1.29, 1.82) is 0 Å². The first kappa shape index (κ1) is 26.8. The molecule has 11 heteroatoms. The summed E-state index contributed by atoms with van der Waals surface area (Å²) >= 11 is 1.62. The highest BCUT2D eigenvalue weighted by Crippen LogP contribution is 2.66. The average Bonchev–Trinajstić information content (AvgIpc) is 3.73. The summed E-state index contributed by atoms with van der Waals surface area (Å²) in [5.74, 6) is -1.73. The van der Waals surface area contributed by atoms with E-state index in [1.165, 1.54) is 0 Å². The number of hydrogen-bond acceptors (Lipinski definition) is 7. The molecule has 4 heterocycles. The normalized spacial score (nSPS) is 27.6. The molecular formula is C29H34N6O4S. The SMILES string of the molecule is CCCNC(=O)[C@@H]1[C@@H]2CCC3(S2)C(C(=O)NCn2nnc4ccccc42)N([C@@H](CO)Cc2ccccc2)C(=O)[C@H]13. The van der Waals surface area contributed by atoms with Crippen LogP contribution in [-0.4, -0.2) is 78.0 Å². The summed E-state index contributed by atoms with van der Waals surface area (Å²) in [5, 5.41) is 24.9. The van der Waals surface area contributed by atoms with Crippen LogP contribution in [0.1, 0.15) is 31.7 Å². The number of carbonyl (C=O) groups excluding carboxylic acids is 3. The number of aliphatic hydroxyl groups excluding tert-OH is 1. The first-order valence-corrected chi connectivity index (χ1v) is 14.8. The van der Waals surface area contributed by atoms with Crippen LogP contribution in [0.25, 0.3) is 11.0 Å². The fourth-order valence-corrected chi connectivity index (χ4v) is 9.08. The van der Waals surface area contributed by atoms with E-state index in [4.69, 9.17) is 0 Å². The molecule has 3 N–H and O–H groups in total. The van der Waals surface area contributed by atoms with Crippen molar-refractivity contribution < 1.29 is 19.5 Å². The number of likely N-dealkylation sites (tertiary alicyclic amines) is 1. The van der Waals surface area contributed by atoms with E-state index in [1.54, 1.807) is 21.3 Å². The van der Waals surface area contributed by atoms with E-state index < -0.39 is 28.7 Å². The lowest BCUT2D eigenvalue weighted by Crippen LogP contribution is -2.57. The summed E-state index contributed by atoms with van der Waals surface area (Å²) in [4.78, 5) is 43.3. The van der Waals surface area contributed by atoms with Crippen LogP contribution in [0.4, 0.5) is 0 Å². The van der Waals surface area contributed by atoms with Gasteiger partial charge in [0.05, 0.1) is 34.7 Å². The minimum atomic E-state index is -0.820. The lowest BCUT2D eigenvalue weighted by atomic mass is 9.70. The van der Waals surface area contributed by atoms with Crippen LogP contribution < -0.4 is 10.6 Å². The maximum absolute atomic E-state index is 14.3. The first-order valence-electron chi connectivity index (χ1n) is 14.0. The fourth-order valence-electron chi connectivity index (χ4n) is 6.87. The molecular weight excluding hydrogens is 528 g/mol. The zero-order valence-electron chi connectivity index (χ0n) is 22.4. The number of nitrogens with zero attached hydrogens (tertiary/aromatic N) is 4.